The standard InChI is InChI=1S/C11H15N5OS/c1-6-15-16-10(17-6)18-8-5-7(12)13-9(14-8)11(2,3)4/h5H,1-4H3,(H2,12,13,14). The van der Waals surface area contributed by atoms with Crippen molar-refractivity contribution in [2.45, 2.75) is 43.4 Å². The van der Waals surface area contributed by atoms with Crippen LogP contribution in [0.25, 0.3) is 0 Å². The molecular weight excluding hydrogens is 250 g/mol. The van der Waals surface area contributed by atoms with Gasteiger partial charge in [-0.1, -0.05) is 20.8 Å². The van der Waals surface area contributed by atoms with Gasteiger partial charge in [0.25, 0.3) is 5.22 Å². The molecule has 0 radical (unpaired) electrons. The first-order chi connectivity index (χ1) is 8.34. The molecule has 2 rings (SSSR count). The lowest BCUT2D eigenvalue weighted by Gasteiger charge is -2.17. The van der Waals surface area contributed by atoms with Crippen LogP contribution in [0.4, 0.5) is 5.82 Å². The van der Waals surface area contributed by atoms with Crippen LogP contribution in [-0.4, -0.2) is 20.2 Å². The molecule has 96 valence electrons. The molecule has 2 aromatic heterocycles. The molecule has 2 heterocycles. The Balaban J connectivity index is 2.31. The maximum atomic E-state index is 5.78. The van der Waals surface area contributed by atoms with Crippen LogP contribution in [0, 0.1) is 6.92 Å². The fraction of sp³-hybridized carbons (Fsp3) is 0.455. The molecule has 0 spiro atoms. The van der Waals surface area contributed by atoms with Crippen molar-refractivity contribution in [2.24, 2.45) is 0 Å². The summed E-state index contributed by atoms with van der Waals surface area (Å²) in [5.74, 6) is 1.66. The molecule has 0 saturated carbocycles. The van der Waals surface area contributed by atoms with Gasteiger partial charge in [0.15, 0.2) is 0 Å². The summed E-state index contributed by atoms with van der Waals surface area (Å²) in [7, 11) is 0. The lowest BCUT2D eigenvalue weighted by atomic mass is 9.96. The van der Waals surface area contributed by atoms with E-state index in [-0.39, 0.29) is 5.41 Å². The number of aryl methyl sites for hydroxylation is 1. The van der Waals surface area contributed by atoms with Gasteiger partial charge in [-0.05, 0) is 11.8 Å². The number of nitrogens with zero attached hydrogens (tertiary/aromatic N) is 4. The van der Waals surface area contributed by atoms with E-state index in [0.717, 1.165) is 0 Å². The Bertz CT molecular complexity index is 561. The Kier molecular flexibility index (Phi) is 3.25. The molecule has 6 nitrogen and oxygen atoms in total. The molecule has 18 heavy (non-hydrogen) atoms. The Morgan fingerprint density at radius 2 is 1.94 bits per heavy atom. The summed E-state index contributed by atoms with van der Waals surface area (Å²) in [6.07, 6.45) is 0. The van der Waals surface area contributed by atoms with E-state index in [9.17, 15) is 0 Å². The number of hydrogen-bond acceptors (Lipinski definition) is 7. The van der Waals surface area contributed by atoms with Crippen molar-refractivity contribution in [1.82, 2.24) is 20.2 Å². The fourth-order valence-corrected chi connectivity index (χ4v) is 1.97. The third-order valence-corrected chi connectivity index (χ3v) is 2.85. The molecule has 7 heteroatoms. The van der Waals surface area contributed by atoms with E-state index in [2.05, 4.69) is 20.2 Å². The highest BCUT2D eigenvalue weighted by atomic mass is 32.2. The van der Waals surface area contributed by atoms with Gasteiger partial charge in [0.05, 0.1) is 0 Å². The number of hydrogen-bond donors (Lipinski definition) is 1. The van der Waals surface area contributed by atoms with Crippen LogP contribution in [0.1, 0.15) is 32.5 Å². The molecular formula is C11H15N5OS. The van der Waals surface area contributed by atoms with Crippen LogP contribution in [0.2, 0.25) is 0 Å². The topological polar surface area (TPSA) is 90.7 Å². The van der Waals surface area contributed by atoms with Gasteiger partial charge in [-0.15, -0.1) is 10.2 Å². The highest BCUT2D eigenvalue weighted by Gasteiger charge is 2.19. The Labute approximate surface area is 109 Å². The second-order valence-electron chi connectivity index (χ2n) is 4.89. The second kappa shape index (κ2) is 4.56. The van der Waals surface area contributed by atoms with E-state index >= 15 is 0 Å². The third-order valence-electron chi connectivity index (χ3n) is 2.09. The quantitative estimate of drug-likeness (QED) is 0.832. The average molecular weight is 265 g/mol. The van der Waals surface area contributed by atoms with Crippen molar-refractivity contribution < 1.29 is 4.42 Å². The van der Waals surface area contributed by atoms with Crippen LogP contribution < -0.4 is 5.73 Å². The molecule has 0 fully saturated rings. The smallest absolute Gasteiger partial charge is 0.282 e. The molecule has 0 aliphatic rings. The van der Waals surface area contributed by atoms with E-state index in [4.69, 9.17) is 10.2 Å². The molecule has 2 N–H and O–H groups in total. The summed E-state index contributed by atoms with van der Waals surface area (Å²) in [5.41, 5.74) is 5.63. The summed E-state index contributed by atoms with van der Waals surface area (Å²) < 4.78 is 5.29. The van der Waals surface area contributed by atoms with Crippen molar-refractivity contribution in [3.05, 3.63) is 17.8 Å². The van der Waals surface area contributed by atoms with Crippen LogP contribution >= 0.6 is 11.8 Å². The van der Waals surface area contributed by atoms with E-state index in [1.54, 1.807) is 13.0 Å². The minimum Gasteiger partial charge on any atom is -0.416 e. The number of rotatable bonds is 2. The van der Waals surface area contributed by atoms with Crippen LogP contribution in [-0.2, 0) is 5.41 Å². The van der Waals surface area contributed by atoms with Crippen LogP contribution in [0.5, 0.6) is 0 Å². The monoisotopic (exact) mass is 265 g/mol. The van der Waals surface area contributed by atoms with Gasteiger partial charge in [-0.2, -0.15) is 0 Å². The first-order valence-electron chi connectivity index (χ1n) is 5.47. The minimum absolute atomic E-state index is 0.157. The minimum atomic E-state index is -0.157. The Morgan fingerprint density at radius 1 is 1.22 bits per heavy atom. The summed E-state index contributed by atoms with van der Waals surface area (Å²) in [5, 5.41) is 8.83. The van der Waals surface area contributed by atoms with Crippen LogP contribution in [0.3, 0.4) is 0 Å². The largest absolute Gasteiger partial charge is 0.416 e. The predicted molar refractivity (Wildman–Crippen MR) is 68.3 cm³/mol. The number of aromatic nitrogens is 4. The molecule has 0 aliphatic carbocycles. The van der Waals surface area contributed by atoms with Gasteiger partial charge in [-0.3, -0.25) is 0 Å². The molecule has 0 bridgehead atoms. The summed E-state index contributed by atoms with van der Waals surface area (Å²) in [6, 6.07) is 1.69. The lowest BCUT2D eigenvalue weighted by molar-refractivity contribution is 0.429. The summed E-state index contributed by atoms with van der Waals surface area (Å²) in [6.45, 7) is 7.85. The van der Waals surface area contributed by atoms with Gasteiger partial charge >= 0.3 is 0 Å². The van der Waals surface area contributed by atoms with Gasteiger partial charge in [0.2, 0.25) is 5.89 Å². The Morgan fingerprint density at radius 3 is 2.50 bits per heavy atom. The maximum absolute atomic E-state index is 5.78. The van der Waals surface area contributed by atoms with Gasteiger partial charge in [0.1, 0.15) is 16.7 Å². The normalized spacial score (nSPS) is 11.8. The zero-order valence-corrected chi connectivity index (χ0v) is 11.6. The third kappa shape index (κ3) is 2.98. The van der Waals surface area contributed by atoms with E-state index < -0.39 is 0 Å². The average Bonchev–Trinajstić information content (AvgIpc) is 2.61. The highest BCUT2D eigenvalue weighted by molar-refractivity contribution is 7.99. The number of anilines is 1. The van der Waals surface area contributed by atoms with Gasteiger partial charge in [0, 0.05) is 18.4 Å². The zero-order chi connectivity index (χ0) is 13.3. The maximum Gasteiger partial charge on any atom is 0.282 e. The zero-order valence-electron chi connectivity index (χ0n) is 10.8. The van der Waals surface area contributed by atoms with E-state index in [1.807, 2.05) is 20.8 Å². The van der Waals surface area contributed by atoms with Crippen molar-refractivity contribution >= 4 is 17.6 Å². The number of nitrogen functional groups attached to an aromatic ring is 1. The highest BCUT2D eigenvalue weighted by Crippen LogP contribution is 2.28. The number of nitrogens with two attached hydrogens (primary N) is 1. The summed E-state index contributed by atoms with van der Waals surface area (Å²) >= 11 is 1.28. The molecule has 0 saturated heterocycles. The van der Waals surface area contributed by atoms with Crippen molar-refractivity contribution in [1.29, 1.82) is 0 Å². The lowest BCUT2D eigenvalue weighted by Crippen LogP contribution is -2.17. The first kappa shape index (κ1) is 12.8. The molecule has 2 aromatic rings. The molecule has 0 aliphatic heterocycles. The molecule has 0 amide bonds. The molecule has 0 atom stereocenters. The molecule has 0 aromatic carbocycles. The van der Waals surface area contributed by atoms with Gasteiger partial charge in [-0.25, -0.2) is 9.97 Å². The second-order valence-corrected chi connectivity index (χ2v) is 5.87. The van der Waals surface area contributed by atoms with Gasteiger partial charge < -0.3 is 10.2 Å². The SMILES string of the molecule is Cc1nnc(Sc2cc(N)nc(C(C)(C)C)n2)o1. The fourth-order valence-electron chi connectivity index (χ4n) is 1.24. The summed E-state index contributed by atoms with van der Waals surface area (Å²) in [4.78, 5) is 8.69. The van der Waals surface area contributed by atoms with Crippen molar-refractivity contribution in [3.63, 3.8) is 0 Å². The van der Waals surface area contributed by atoms with Crippen LogP contribution in [0.15, 0.2) is 20.7 Å². The predicted octanol–water partition coefficient (Wildman–Crippen LogP) is 2.20. The first-order valence-corrected chi connectivity index (χ1v) is 6.29. The van der Waals surface area contributed by atoms with E-state index in [0.29, 0.717) is 27.8 Å². The Hall–Kier alpha value is -1.63. The molecule has 0 unspecified atom stereocenters. The van der Waals surface area contributed by atoms with E-state index in [1.165, 1.54) is 11.8 Å². The van der Waals surface area contributed by atoms with Crippen molar-refractivity contribution in [2.75, 3.05) is 5.73 Å². The van der Waals surface area contributed by atoms with Crippen molar-refractivity contribution in [3.8, 4) is 0 Å².